The minimum atomic E-state index is -0.296. The highest BCUT2D eigenvalue weighted by molar-refractivity contribution is 9.10. The van der Waals surface area contributed by atoms with E-state index in [0.29, 0.717) is 22.5 Å². The van der Waals surface area contributed by atoms with Gasteiger partial charge in [0.15, 0.2) is 5.78 Å². The predicted molar refractivity (Wildman–Crippen MR) is 125 cm³/mol. The Hall–Kier alpha value is -3.32. The predicted octanol–water partition coefficient (Wildman–Crippen LogP) is 4.26. The molecule has 156 valence electrons. The topological polar surface area (TPSA) is 83.5 Å². The molecule has 0 atom stereocenters. The number of amides is 1. The number of anilines is 1. The molecule has 0 saturated heterocycles. The SMILES string of the molecule is O=C(Cc1ccccc1C(=O)Nc1ccc(Br)cn1)c1ccc(C2=NCCCN2)cc1. The van der Waals surface area contributed by atoms with Crippen LogP contribution in [0.1, 0.15) is 38.3 Å². The third-order valence-corrected chi connectivity index (χ3v) is 5.43. The molecule has 1 amide bonds. The van der Waals surface area contributed by atoms with Crippen molar-refractivity contribution in [1.82, 2.24) is 10.3 Å². The smallest absolute Gasteiger partial charge is 0.257 e. The maximum Gasteiger partial charge on any atom is 0.257 e. The van der Waals surface area contributed by atoms with Gasteiger partial charge in [-0.15, -0.1) is 0 Å². The van der Waals surface area contributed by atoms with Crippen LogP contribution in [0.5, 0.6) is 0 Å². The van der Waals surface area contributed by atoms with Crippen molar-refractivity contribution < 1.29 is 9.59 Å². The molecule has 0 radical (unpaired) electrons. The van der Waals surface area contributed by atoms with Gasteiger partial charge in [0.25, 0.3) is 5.91 Å². The quantitative estimate of drug-likeness (QED) is 0.520. The van der Waals surface area contributed by atoms with Crippen LogP contribution < -0.4 is 10.6 Å². The van der Waals surface area contributed by atoms with Gasteiger partial charge >= 0.3 is 0 Å². The van der Waals surface area contributed by atoms with Crippen molar-refractivity contribution in [3.8, 4) is 0 Å². The molecular weight excluding hydrogens is 456 g/mol. The highest BCUT2D eigenvalue weighted by Gasteiger charge is 2.16. The van der Waals surface area contributed by atoms with Gasteiger partial charge in [0.05, 0.1) is 0 Å². The molecule has 0 aliphatic carbocycles. The molecule has 2 N–H and O–H groups in total. The first kappa shape index (κ1) is 20.9. The lowest BCUT2D eigenvalue weighted by Gasteiger charge is -2.15. The van der Waals surface area contributed by atoms with E-state index >= 15 is 0 Å². The molecule has 4 rings (SSSR count). The zero-order valence-electron chi connectivity index (χ0n) is 16.8. The van der Waals surface area contributed by atoms with Gasteiger partial charge in [0, 0.05) is 46.9 Å². The molecule has 2 heterocycles. The van der Waals surface area contributed by atoms with E-state index in [0.717, 1.165) is 35.4 Å². The summed E-state index contributed by atoms with van der Waals surface area (Å²) in [5, 5.41) is 6.06. The summed E-state index contributed by atoms with van der Waals surface area (Å²) in [5.74, 6) is 0.972. The van der Waals surface area contributed by atoms with Crippen molar-refractivity contribution in [1.29, 1.82) is 0 Å². The van der Waals surface area contributed by atoms with Crippen molar-refractivity contribution in [3.05, 3.63) is 93.6 Å². The largest absolute Gasteiger partial charge is 0.370 e. The number of hydrogen-bond donors (Lipinski definition) is 2. The van der Waals surface area contributed by atoms with Crippen molar-refractivity contribution in [2.75, 3.05) is 18.4 Å². The van der Waals surface area contributed by atoms with Gasteiger partial charge in [-0.3, -0.25) is 14.6 Å². The number of carbonyl (C=O) groups is 2. The Labute approximate surface area is 188 Å². The van der Waals surface area contributed by atoms with Crippen molar-refractivity contribution in [2.24, 2.45) is 4.99 Å². The van der Waals surface area contributed by atoms with E-state index in [1.165, 1.54) is 0 Å². The summed E-state index contributed by atoms with van der Waals surface area (Å²) in [6.07, 6.45) is 2.78. The van der Waals surface area contributed by atoms with Crippen LogP contribution in [-0.4, -0.2) is 35.6 Å². The molecule has 1 aromatic heterocycles. The molecule has 7 heteroatoms. The van der Waals surface area contributed by atoms with Crippen LogP contribution in [0.2, 0.25) is 0 Å². The van der Waals surface area contributed by atoms with Crippen LogP contribution in [0, 0.1) is 0 Å². The Morgan fingerprint density at radius 3 is 2.55 bits per heavy atom. The van der Waals surface area contributed by atoms with Crippen LogP contribution in [0.15, 0.2) is 76.3 Å². The molecule has 0 unspecified atom stereocenters. The fourth-order valence-electron chi connectivity index (χ4n) is 3.34. The number of carbonyl (C=O) groups excluding carboxylic acids is 2. The lowest BCUT2D eigenvalue weighted by atomic mass is 9.97. The second kappa shape index (κ2) is 9.66. The van der Waals surface area contributed by atoms with Gasteiger partial charge in [-0.2, -0.15) is 0 Å². The van der Waals surface area contributed by atoms with Crippen LogP contribution >= 0.6 is 15.9 Å². The monoisotopic (exact) mass is 476 g/mol. The summed E-state index contributed by atoms with van der Waals surface area (Å²) in [7, 11) is 0. The van der Waals surface area contributed by atoms with E-state index < -0.39 is 0 Å². The van der Waals surface area contributed by atoms with Crippen LogP contribution in [0.25, 0.3) is 0 Å². The first-order valence-electron chi connectivity index (χ1n) is 10.0. The third kappa shape index (κ3) is 5.24. The third-order valence-electron chi connectivity index (χ3n) is 4.96. The van der Waals surface area contributed by atoms with Gasteiger partial charge in [0.1, 0.15) is 11.7 Å². The Morgan fingerprint density at radius 1 is 1.03 bits per heavy atom. The number of aliphatic imine (C=N–C) groups is 1. The van der Waals surface area contributed by atoms with Gasteiger partial charge in [-0.05, 0) is 46.1 Å². The van der Waals surface area contributed by atoms with Crippen molar-refractivity contribution in [2.45, 2.75) is 12.8 Å². The number of nitrogens with one attached hydrogen (secondary N) is 2. The number of halogens is 1. The highest BCUT2D eigenvalue weighted by Crippen LogP contribution is 2.17. The van der Waals surface area contributed by atoms with E-state index in [1.807, 2.05) is 30.3 Å². The van der Waals surface area contributed by atoms with E-state index in [9.17, 15) is 9.59 Å². The molecule has 0 bridgehead atoms. The fourth-order valence-corrected chi connectivity index (χ4v) is 3.58. The summed E-state index contributed by atoms with van der Waals surface area (Å²) >= 11 is 3.32. The Bertz CT molecular complexity index is 1130. The van der Waals surface area contributed by atoms with E-state index in [2.05, 4.69) is 36.5 Å². The van der Waals surface area contributed by atoms with Crippen LogP contribution in [-0.2, 0) is 6.42 Å². The van der Waals surface area contributed by atoms with E-state index in [1.54, 1.807) is 36.5 Å². The minimum Gasteiger partial charge on any atom is -0.370 e. The normalized spacial score (nSPS) is 13.1. The van der Waals surface area contributed by atoms with Gasteiger partial charge < -0.3 is 10.6 Å². The second-order valence-electron chi connectivity index (χ2n) is 7.16. The molecule has 31 heavy (non-hydrogen) atoms. The molecule has 0 fully saturated rings. The van der Waals surface area contributed by atoms with Crippen LogP contribution in [0.3, 0.4) is 0 Å². The molecular formula is C24H21BrN4O2. The van der Waals surface area contributed by atoms with Crippen LogP contribution in [0.4, 0.5) is 5.82 Å². The Balaban J connectivity index is 1.48. The molecule has 1 aliphatic rings. The molecule has 6 nitrogen and oxygen atoms in total. The molecule has 1 aliphatic heterocycles. The summed E-state index contributed by atoms with van der Waals surface area (Å²) in [4.78, 5) is 34.3. The molecule has 2 aromatic carbocycles. The lowest BCUT2D eigenvalue weighted by Crippen LogP contribution is -2.30. The highest BCUT2D eigenvalue weighted by atomic mass is 79.9. The number of nitrogens with zero attached hydrogens (tertiary/aromatic N) is 2. The number of amidine groups is 1. The summed E-state index contributed by atoms with van der Waals surface area (Å²) in [6, 6.07) is 18.1. The number of aromatic nitrogens is 1. The maximum atomic E-state index is 12.9. The number of Topliss-reactive ketones (excluding diaryl/α,β-unsaturated/α-hetero) is 1. The second-order valence-corrected chi connectivity index (χ2v) is 8.08. The standard InChI is InChI=1S/C24H21BrN4O2/c25-19-10-11-22(28-15-19)29-24(31)20-5-2-1-4-18(20)14-21(30)16-6-8-17(9-7-16)23-26-12-3-13-27-23/h1-2,4-11,15H,3,12-14H2,(H,26,27)(H,28,29,31). The first-order valence-corrected chi connectivity index (χ1v) is 10.8. The van der Waals surface area contributed by atoms with E-state index in [-0.39, 0.29) is 18.1 Å². The fraction of sp³-hybridized carbons (Fsp3) is 0.167. The maximum absolute atomic E-state index is 12.9. The number of pyridine rings is 1. The minimum absolute atomic E-state index is 0.0490. The van der Waals surface area contributed by atoms with E-state index in [4.69, 9.17) is 0 Å². The summed E-state index contributed by atoms with van der Waals surface area (Å²) < 4.78 is 0.828. The summed E-state index contributed by atoms with van der Waals surface area (Å²) in [6.45, 7) is 1.73. The summed E-state index contributed by atoms with van der Waals surface area (Å²) in [5.41, 5.74) is 2.70. The molecule has 0 spiro atoms. The van der Waals surface area contributed by atoms with Crippen molar-refractivity contribution in [3.63, 3.8) is 0 Å². The van der Waals surface area contributed by atoms with Crippen molar-refractivity contribution >= 4 is 39.3 Å². The van der Waals surface area contributed by atoms with Gasteiger partial charge in [0.2, 0.25) is 0 Å². The zero-order chi connectivity index (χ0) is 21.6. The first-order chi connectivity index (χ1) is 15.1. The average Bonchev–Trinajstić information content (AvgIpc) is 2.81. The zero-order valence-corrected chi connectivity index (χ0v) is 18.4. The van der Waals surface area contributed by atoms with Gasteiger partial charge in [-0.1, -0.05) is 42.5 Å². The number of ketones is 1. The number of rotatable bonds is 6. The molecule has 3 aromatic rings. The number of hydrogen-bond acceptors (Lipinski definition) is 5. The van der Waals surface area contributed by atoms with Gasteiger partial charge in [-0.25, -0.2) is 4.98 Å². The molecule has 0 saturated carbocycles. The Morgan fingerprint density at radius 2 is 1.84 bits per heavy atom. The average molecular weight is 477 g/mol. The Kier molecular flexibility index (Phi) is 6.52. The lowest BCUT2D eigenvalue weighted by molar-refractivity contribution is 0.0992. The number of benzene rings is 2.